The number of aliphatic imine (C=N–C) groups is 1. The molecule has 2 N–H and O–H groups in total. The molecule has 1 saturated heterocycles. The maximum atomic E-state index is 10.4. The molecule has 3 aromatic rings. The number of hydrogen-bond donors (Lipinski definition) is 2. The molecule has 1 aliphatic rings. The van der Waals surface area contributed by atoms with Crippen LogP contribution in [0.4, 0.5) is 11.9 Å². The number of aromatic nitrogens is 3. The predicted molar refractivity (Wildman–Crippen MR) is 130 cm³/mol. The van der Waals surface area contributed by atoms with E-state index >= 15 is 0 Å². The highest BCUT2D eigenvalue weighted by molar-refractivity contribution is 5.81. The molecule has 0 spiro atoms. The fourth-order valence-corrected chi connectivity index (χ4v) is 3.82. The van der Waals surface area contributed by atoms with Crippen LogP contribution in [0.5, 0.6) is 5.75 Å². The van der Waals surface area contributed by atoms with Crippen molar-refractivity contribution in [1.82, 2.24) is 19.7 Å². The number of hydrogen-bond acceptors (Lipinski definition) is 7. The second-order valence-corrected chi connectivity index (χ2v) is 8.36. The highest BCUT2D eigenvalue weighted by Crippen LogP contribution is 2.18. The molecule has 33 heavy (non-hydrogen) atoms. The Hall–Kier alpha value is -3.23. The normalized spacial score (nSPS) is 15.6. The summed E-state index contributed by atoms with van der Waals surface area (Å²) >= 11 is 0. The maximum Gasteiger partial charge on any atom is 0.270 e. The van der Waals surface area contributed by atoms with Crippen LogP contribution in [0, 0.1) is 0 Å². The predicted octanol–water partition coefficient (Wildman–Crippen LogP) is 3.40. The van der Waals surface area contributed by atoms with Crippen LogP contribution in [0.1, 0.15) is 30.4 Å². The molecule has 174 valence electrons. The number of aliphatic hydroxyl groups excluding tert-OH is 1. The van der Waals surface area contributed by atoms with Crippen LogP contribution < -0.4 is 10.1 Å². The lowest BCUT2D eigenvalue weighted by Crippen LogP contribution is -2.29. The Bertz CT molecular complexity index is 1030. The van der Waals surface area contributed by atoms with Crippen molar-refractivity contribution in [2.24, 2.45) is 12.0 Å². The van der Waals surface area contributed by atoms with Crippen molar-refractivity contribution in [3.05, 3.63) is 65.7 Å². The van der Waals surface area contributed by atoms with Gasteiger partial charge in [-0.1, -0.05) is 48.9 Å². The third kappa shape index (κ3) is 7.13. The molecule has 1 aromatic heterocycles. The van der Waals surface area contributed by atoms with Crippen molar-refractivity contribution in [2.75, 3.05) is 31.6 Å². The van der Waals surface area contributed by atoms with Gasteiger partial charge in [0.15, 0.2) is 0 Å². The number of piperidine rings is 1. The smallest absolute Gasteiger partial charge is 0.270 e. The number of rotatable bonds is 10. The molecule has 0 saturated carbocycles. The Labute approximate surface area is 194 Å². The molecule has 4 rings (SSSR count). The minimum Gasteiger partial charge on any atom is -0.491 e. The zero-order valence-corrected chi connectivity index (χ0v) is 19.1. The first-order valence-corrected chi connectivity index (χ1v) is 11.5. The Morgan fingerprint density at radius 1 is 1.12 bits per heavy atom. The molecular formula is C25H32N6O2. The van der Waals surface area contributed by atoms with Crippen LogP contribution in [0.2, 0.25) is 0 Å². The van der Waals surface area contributed by atoms with Gasteiger partial charge in [0.05, 0.1) is 0 Å². The third-order valence-electron chi connectivity index (χ3n) is 5.57. The van der Waals surface area contributed by atoms with E-state index in [0.717, 1.165) is 30.9 Å². The molecule has 1 atom stereocenters. The Morgan fingerprint density at radius 3 is 2.76 bits per heavy atom. The zero-order valence-electron chi connectivity index (χ0n) is 19.1. The summed E-state index contributed by atoms with van der Waals surface area (Å²) in [5.41, 5.74) is 2.22. The fourth-order valence-electron chi connectivity index (χ4n) is 3.82. The van der Waals surface area contributed by atoms with E-state index in [1.165, 1.54) is 24.8 Å². The minimum absolute atomic E-state index is 0.192. The molecule has 0 amide bonds. The van der Waals surface area contributed by atoms with Gasteiger partial charge in [-0.25, -0.2) is 9.67 Å². The van der Waals surface area contributed by atoms with Gasteiger partial charge >= 0.3 is 0 Å². The summed E-state index contributed by atoms with van der Waals surface area (Å²) in [5.74, 6) is 1.68. The molecule has 0 radical (unpaired) electrons. The summed E-state index contributed by atoms with van der Waals surface area (Å²) in [6.07, 6.45) is 4.93. The average Bonchev–Trinajstić information content (AvgIpc) is 3.21. The van der Waals surface area contributed by atoms with Gasteiger partial charge in [-0.05, 0) is 49.2 Å². The lowest BCUT2D eigenvalue weighted by molar-refractivity contribution is 0.117. The molecule has 8 heteroatoms. The summed E-state index contributed by atoms with van der Waals surface area (Å²) in [6, 6.07) is 17.9. The van der Waals surface area contributed by atoms with Crippen molar-refractivity contribution in [2.45, 2.75) is 31.9 Å². The third-order valence-corrected chi connectivity index (χ3v) is 5.57. The monoisotopic (exact) mass is 448 g/mol. The number of nitrogens with zero attached hydrogens (tertiary/aromatic N) is 5. The van der Waals surface area contributed by atoms with Crippen molar-refractivity contribution in [1.29, 1.82) is 0 Å². The lowest BCUT2D eigenvalue weighted by atomic mass is 10.1. The molecule has 2 heterocycles. The van der Waals surface area contributed by atoms with Crippen LogP contribution in [-0.4, -0.2) is 63.3 Å². The van der Waals surface area contributed by atoms with Gasteiger partial charge in [-0.15, -0.1) is 5.10 Å². The maximum absolute atomic E-state index is 10.4. The highest BCUT2D eigenvalue weighted by atomic mass is 16.5. The first-order valence-electron chi connectivity index (χ1n) is 11.5. The van der Waals surface area contributed by atoms with Gasteiger partial charge in [0, 0.05) is 26.4 Å². The number of likely N-dealkylation sites (tertiary alicyclic amines) is 1. The number of ether oxygens (including phenoxy) is 1. The number of nitrogens with one attached hydrogen (secondary N) is 1. The van der Waals surface area contributed by atoms with Crippen LogP contribution in [-0.2, 0) is 13.6 Å². The van der Waals surface area contributed by atoms with Crippen LogP contribution in [0.15, 0.2) is 59.6 Å². The quantitative estimate of drug-likeness (QED) is 0.462. The van der Waals surface area contributed by atoms with Crippen molar-refractivity contribution in [3.8, 4) is 5.75 Å². The summed E-state index contributed by atoms with van der Waals surface area (Å²) < 4.78 is 7.44. The molecule has 8 nitrogen and oxygen atoms in total. The highest BCUT2D eigenvalue weighted by Gasteiger charge is 2.12. The van der Waals surface area contributed by atoms with Crippen LogP contribution in [0.25, 0.3) is 0 Å². The molecule has 1 unspecified atom stereocenters. The Balaban J connectivity index is 1.23. The number of benzene rings is 2. The summed E-state index contributed by atoms with van der Waals surface area (Å²) in [5, 5.41) is 17.8. The van der Waals surface area contributed by atoms with Gasteiger partial charge < -0.3 is 15.2 Å². The van der Waals surface area contributed by atoms with Gasteiger partial charge in [0.2, 0.25) is 5.95 Å². The molecule has 2 aromatic carbocycles. The van der Waals surface area contributed by atoms with E-state index in [9.17, 15) is 5.11 Å². The van der Waals surface area contributed by atoms with Crippen molar-refractivity contribution < 1.29 is 9.84 Å². The summed E-state index contributed by atoms with van der Waals surface area (Å²) in [4.78, 5) is 11.2. The molecule has 0 bridgehead atoms. The summed E-state index contributed by atoms with van der Waals surface area (Å²) in [6.45, 7) is 3.76. The number of aryl methyl sites for hydroxylation is 1. The molecule has 1 aliphatic heterocycles. The topological polar surface area (TPSA) is 87.8 Å². The minimum atomic E-state index is -0.691. The zero-order chi connectivity index (χ0) is 22.9. The van der Waals surface area contributed by atoms with E-state index in [1.807, 2.05) is 42.5 Å². The fraction of sp³-hybridized carbons (Fsp3) is 0.400. The molecule has 1 fully saturated rings. The van der Waals surface area contributed by atoms with Gasteiger partial charge in [-0.2, -0.15) is 4.98 Å². The molecule has 0 aliphatic carbocycles. The molecular weight excluding hydrogens is 416 g/mol. The van der Waals surface area contributed by atoms with Crippen LogP contribution in [0.3, 0.4) is 0 Å². The van der Waals surface area contributed by atoms with Gasteiger partial charge in [0.25, 0.3) is 5.95 Å². The van der Waals surface area contributed by atoms with E-state index in [1.54, 1.807) is 17.9 Å². The standard InChI is InChI=1S/C25H32N6O2/c1-30-25(28-24(29-30)26-16-20-9-4-2-5-10-20)27-17-22(32)19-33-23-12-8-11-21(15-23)18-31-13-6-3-7-14-31/h2,4-5,8-12,15-16,22,32H,3,6-7,13-14,17-19H2,1H3,(H,27,28,29)/b26-16+. The Morgan fingerprint density at radius 2 is 1.94 bits per heavy atom. The summed E-state index contributed by atoms with van der Waals surface area (Å²) in [7, 11) is 1.79. The largest absolute Gasteiger partial charge is 0.491 e. The van der Waals surface area contributed by atoms with Gasteiger partial charge in [-0.3, -0.25) is 4.90 Å². The van der Waals surface area contributed by atoms with Crippen molar-refractivity contribution in [3.63, 3.8) is 0 Å². The van der Waals surface area contributed by atoms with E-state index in [-0.39, 0.29) is 6.61 Å². The van der Waals surface area contributed by atoms with E-state index in [2.05, 4.69) is 37.4 Å². The first kappa shape index (κ1) is 22.9. The number of anilines is 1. The lowest BCUT2D eigenvalue weighted by Gasteiger charge is -2.26. The number of aliphatic hydroxyl groups is 1. The van der Waals surface area contributed by atoms with Gasteiger partial charge in [0.1, 0.15) is 18.5 Å². The van der Waals surface area contributed by atoms with Crippen molar-refractivity contribution >= 4 is 18.1 Å². The first-order chi connectivity index (χ1) is 16.2. The van der Waals surface area contributed by atoms with Crippen LogP contribution >= 0.6 is 0 Å². The second kappa shape index (κ2) is 11.6. The SMILES string of the molecule is Cn1nc(/N=C/c2ccccc2)nc1NCC(O)COc1cccc(CN2CCCCC2)c1. The van der Waals surface area contributed by atoms with E-state index in [0.29, 0.717) is 18.4 Å². The average molecular weight is 449 g/mol. The van der Waals surface area contributed by atoms with E-state index < -0.39 is 6.10 Å². The van der Waals surface area contributed by atoms with E-state index in [4.69, 9.17) is 4.74 Å². The second-order valence-electron chi connectivity index (χ2n) is 8.36. The Kier molecular flexibility index (Phi) is 8.05.